The fourth-order valence-corrected chi connectivity index (χ4v) is 2.26. The fourth-order valence-electron chi connectivity index (χ4n) is 2.26. The molecule has 0 aliphatic carbocycles. The lowest BCUT2D eigenvalue weighted by Gasteiger charge is -2.29. The summed E-state index contributed by atoms with van der Waals surface area (Å²) in [4.78, 5) is 6.19. The van der Waals surface area contributed by atoms with Crippen LogP contribution in [0.1, 0.15) is 0 Å². The summed E-state index contributed by atoms with van der Waals surface area (Å²) < 4.78 is 5.35. The predicted octanol–water partition coefficient (Wildman–Crippen LogP) is 1.78. The van der Waals surface area contributed by atoms with Gasteiger partial charge in [0.2, 0.25) is 5.88 Å². The Hall–Kier alpha value is -1.81. The summed E-state index contributed by atoms with van der Waals surface area (Å²) in [5, 5.41) is 11.6. The Bertz CT molecular complexity index is 536. The van der Waals surface area contributed by atoms with Crippen molar-refractivity contribution in [2.75, 3.05) is 31.2 Å². The van der Waals surface area contributed by atoms with Gasteiger partial charge in [-0.25, -0.2) is 4.98 Å². The first-order chi connectivity index (χ1) is 8.36. The van der Waals surface area contributed by atoms with Crippen LogP contribution in [0.2, 0.25) is 0 Å². The minimum Gasteiger partial charge on any atom is -0.493 e. The summed E-state index contributed by atoms with van der Waals surface area (Å²) in [7, 11) is 0. The van der Waals surface area contributed by atoms with E-state index in [4.69, 9.17) is 4.74 Å². The van der Waals surface area contributed by atoms with Gasteiger partial charge in [0.15, 0.2) is 0 Å². The maximum Gasteiger partial charge on any atom is 0.218 e. The van der Waals surface area contributed by atoms with Crippen molar-refractivity contribution in [3.8, 4) is 5.88 Å². The van der Waals surface area contributed by atoms with Gasteiger partial charge >= 0.3 is 0 Å². The predicted molar refractivity (Wildman–Crippen MR) is 66.4 cm³/mol. The van der Waals surface area contributed by atoms with Crippen LogP contribution in [0.4, 0.5) is 5.69 Å². The number of pyridine rings is 1. The third-order valence-electron chi connectivity index (χ3n) is 3.11. The van der Waals surface area contributed by atoms with Crippen molar-refractivity contribution < 1.29 is 9.84 Å². The highest BCUT2D eigenvalue weighted by atomic mass is 16.5. The van der Waals surface area contributed by atoms with Crippen LogP contribution in [-0.2, 0) is 4.74 Å². The van der Waals surface area contributed by atoms with Gasteiger partial charge in [-0.1, -0.05) is 6.07 Å². The van der Waals surface area contributed by atoms with Crippen molar-refractivity contribution in [3.05, 3.63) is 30.5 Å². The van der Waals surface area contributed by atoms with Gasteiger partial charge in [0.25, 0.3) is 0 Å². The molecule has 1 aliphatic heterocycles. The summed E-state index contributed by atoms with van der Waals surface area (Å²) in [5.74, 6) is 0.0950. The van der Waals surface area contributed by atoms with E-state index in [1.54, 1.807) is 6.20 Å². The van der Waals surface area contributed by atoms with Crippen LogP contribution in [0.25, 0.3) is 10.8 Å². The highest BCUT2D eigenvalue weighted by Gasteiger charge is 2.14. The first-order valence-electron chi connectivity index (χ1n) is 5.75. The molecule has 2 heterocycles. The molecule has 1 N–H and O–H groups in total. The number of hydrogen-bond acceptors (Lipinski definition) is 4. The average Bonchev–Trinajstić information content (AvgIpc) is 2.40. The van der Waals surface area contributed by atoms with Crippen LogP contribution in [0.5, 0.6) is 5.88 Å². The van der Waals surface area contributed by atoms with E-state index in [9.17, 15) is 5.11 Å². The number of ether oxygens (including phenoxy) is 1. The summed E-state index contributed by atoms with van der Waals surface area (Å²) in [6.07, 6.45) is 1.64. The second-order valence-corrected chi connectivity index (χ2v) is 4.11. The highest BCUT2D eigenvalue weighted by molar-refractivity contribution is 5.96. The highest BCUT2D eigenvalue weighted by Crippen LogP contribution is 2.30. The topological polar surface area (TPSA) is 45.6 Å². The van der Waals surface area contributed by atoms with Gasteiger partial charge in [0.05, 0.1) is 13.2 Å². The third-order valence-corrected chi connectivity index (χ3v) is 3.11. The molecule has 0 amide bonds. The lowest BCUT2D eigenvalue weighted by Crippen LogP contribution is -2.36. The Morgan fingerprint density at radius 2 is 1.94 bits per heavy atom. The number of aromatic nitrogens is 1. The van der Waals surface area contributed by atoms with E-state index in [2.05, 4.69) is 16.0 Å². The SMILES string of the molecule is Oc1nccc2c(N3CCOCC3)cccc12. The monoisotopic (exact) mass is 230 g/mol. The summed E-state index contributed by atoms with van der Waals surface area (Å²) in [5.41, 5.74) is 1.14. The number of hydrogen-bond donors (Lipinski definition) is 1. The van der Waals surface area contributed by atoms with E-state index in [-0.39, 0.29) is 5.88 Å². The van der Waals surface area contributed by atoms with Gasteiger partial charge in [0, 0.05) is 35.7 Å². The average molecular weight is 230 g/mol. The van der Waals surface area contributed by atoms with E-state index < -0.39 is 0 Å². The van der Waals surface area contributed by atoms with Gasteiger partial charge in [-0.3, -0.25) is 0 Å². The first kappa shape index (κ1) is 10.4. The van der Waals surface area contributed by atoms with Crippen molar-refractivity contribution in [1.29, 1.82) is 0 Å². The molecule has 0 saturated carbocycles. The third kappa shape index (κ3) is 1.80. The van der Waals surface area contributed by atoms with Crippen molar-refractivity contribution in [2.24, 2.45) is 0 Å². The zero-order valence-electron chi connectivity index (χ0n) is 9.47. The second kappa shape index (κ2) is 4.22. The molecule has 4 nitrogen and oxygen atoms in total. The molecule has 1 fully saturated rings. The van der Waals surface area contributed by atoms with E-state index in [1.807, 2.05) is 18.2 Å². The Labute approximate surface area is 99.5 Å². The van der Waals surface area contributed by atoms with Crippen LogP contribution in [0.3, 0.4) is 0 Å². The molecule has 0 spiro atoms. The molecule has 1 aliphatic rings. The molecule has 1 saturated heterocycles. The molecular formula is C13H14N2O2. The van der Waals surface area contributed by atoms with Crippen molar-refractivity contribution in [2.45, 2.75) is 0 Å². The molecular weight excluding hydrogens is 216 g/mol. The van der Waals surface area contributed by atoms with Crippen LogP contribution in [0, 0.1) is 0 Å². The summed E-state index contributed by atoms with van der Waals surface area (Å²) in [6, 6.07) is 7.86. The molecule has 0 bridgehead atoms. The molecule has 0 radical (unpaired) electrons. The molecule has 0 unspecified atom stereocenters. The van der Waals surface area contributed by atoms with Gasteiger partial charge in [0.1, 0.15) is 0 Å². The van der Waals surface area contributed by atoms with Crippen molar-refractivity contribution >= 4 is 16.5 Å². The Morgan fingerprint density at radius 1 is 1.12 bits per heavy atom. The van der Waals surface area contributed by atoms with Crippen molar-refractivity contribution in [3.63, 3.8) is 0 Å². The quantitative estimate of drug-likeness (QED) is 0.811. The molecule has 2 aromatic rings. The van der Waals surface area contributed by atoms with Gasteiger partial charge in [-0.2, -0.15) is 0 Å². The number of anilines is 1. The van der Waals surface area contributed by atoms with E-state index in [0.717, 1.165) is 42.8 Å². The molecule has 17 heavy (non-hydrogen) atoms. The summed E-state index contributed by atoms with van der Waals surface area (Å²) >= 11 is 0. The number of morpholine rings is 1. The lowest BCUT2D eigenvalue weighted by atomic mass is 10.1. The smallest absolute Gasteiger partial charge is 0.218 e. The standard InChI is InChI=1S/C13H14N2O2/c16-13-11-2-1-3-12(10(11)4-5-14-13)15-6-8-17-9-7-15/h1-5H,6-9H2,(H,14,16). The molecule has 3 rings (SSSR count). The number of benzene rings is 1. The van der Waals surface area contributed by atoms with E-state index >= 15 is 0 Å². The molecule has 0 atom stereocenters. The van der Waals surface area contributed by atoms with E-state index in [1.165, 1.54) is 0 Å². The Morgan fingerprint density at radius 3 is 2.76 bits per heavy atom. The molecule has 1 aromatic heterocycles. The van der Waals surface area contributed by atoms with E-state index in [0.29, 0.717) is 0 Å². The number of fused-ring (bicyclic) bond motifs is 1. The summed E-state index contributed by atoms with van der Waals surface area (Å²) in [6.45, 7) is 3.30. The van der Waals surface area contributed by atoms with Crippen LogP contribution < -0.4 is 4.90 Å². The Balaban J connectivity index is 2.12. The molecule has 4 heteroatoms. The molecule has 88 valence electrons. The Kier molecular flexibility index (Phi) is 2.57. The number of nitrogens with zero attached hydrogens (tertiary/aromatic N) is 2. The van der Waals surface area contributed by atoms with Gasteiger partial charge in [-0.15, -0.1) is 0 Å². The number of rotatable bonds is 1. The fraction of sp³-hybridized carbons (Fsp3) is 0.308. The maximum atomic E-state index is 9.74. The minimum atomic E-state index is 0.0950. The zero-order valence-corrected chi connectivity index (χ0v) is 9.47. The maximum absolute atomic E-state index is 9.74. The largest absolute Gasteiger partial charge is 0.493 e. The first-order valence-corrected chi connectivity index (χ1v) is 5.75. The second-order valence-electron chi connectivity index (χ2n) is 4.11. The zero-order chi connectivity index (χ0) is 11.7. The lowest BCUT2D eigenvalue weighted by molar-refractivity contribution is 0.123. The van der Waals surface area contributed by atoms with Crippen LogP contribution >= 0.6 is 0 Å². The van der Waals surface area contributed by atoms with Crippen molar-refractivity contribution in [1.82, 2.24) is 4.98 Å². The molecule has 1 aromatic carbocycles. The van der Waals surface area contributed by atoms with Gasteiger partial charge in [-0.05, 0) is 18.2 Å². The van der Waals surface area contributed by atoms with Crippen LogP contribution in [-0.4, -0.2) is 36.4 Å². The minimum absolute atomic E-state index is 0.0950. The normalized spacial score (nSPS) is 16.4. The van der Waals surface area contributed by atoms with Crippen LogP contribution in [0.15, 0.2) is 30.5 Å². The number of aromatic hydroxyl groups is 1. The van der Waals surface area contributed by atoms with Gasteiger partial charge < -0.3 is 14.7 Å².